The molecule has 0 fully saturated rings. The molecule has 0 saturated carbocycles. The molecule has 1 aromatic heterocycles. The molecule has 6 nitrogen and oxygen atoms in total. The lowest BCUT2D eigenvalue weighted by atomic mass is 10.0. The second-order valence-electron chi connectivity index (χ2n) is 7.65. The normalized spacial score (nSPS) is 14.9. The molecule has 34 heavy (non-hydrogen) atoms. The molecule has 1 aliphatic heterocycles. The van der Waals surface area contributed by atoms with Gasteiger partial charge in [0, 0.05) is 21.8 Å². The van der Waals surface area contributed by atoms with Gasteiger partial charge in [0.25, 0.3) is 11.9 Å². The second-order valence-corrected chi connectivity index (χ2v) is 8.52. The third kappa shape index (κ3) is 4.88. The zero-order valence-electron chi connectivity index (χ0n) is 17.8. The molecule has 1 unspecified atom stereocenters. The molecular weight excluding hydrogens is 469 g/mol. The summed E-state index contributed by atoms with van der Waals surface area (Å²) in [6.45, 7) is 0. The van der Waals surface area contributed by atoms with E-state index in [9.17, 15) is 4.79 Å². The van der Waals surface area contributed by atoms with Gasteiger partial charge in [-0.2, -0.15) is 4.98 Å². The number of hydrogen-bond acceptors (Lipinski definition) is 4. The van der Waals surface area contributed by atoms with Crippen molar-refractivity contribution in [2.75, 3.05) is 10.6 Å². The van der Waals surface area contributed by atoms with Crippen molar-refractivity contribution in [3.63, 3.8) is 0 Å². The lowest BCUT2D eigenvalue weighted by molar-refractivity contribution is -0.111. The first-order chi connectivity index (χ1) is 16.5. The Bertz CT molecular complexity index is 1380. The molecular formula is C26H19Cl2N5O. The number of nitrogens with zero attached hydrogens (tertiary/aromatic N) is 3. The van der Waals surface area contributed by atoms with Crippen LogP contribution in [0.4, 0.5) is 11.9 Å². The fourth-order valence-corrected chi connectivity index (χ4v) is 3.88. The zero-order chi connectivity index (χ0) is 23.5. The second kappa shape index (κ2) is 9.55. The topological polar surface area (TPSA) is 71.8 Å². The zero-order valence-corrected chi connectivity index (χ0v) is 19.3. The SMILES string of the molecule is O=C(/C=C/c1ccc(Cl)cc1)Nc1nc2n(n1)C(c1ccc(Cl)cc1)C=C(c1ccccc1)N2. The molecule has 0 radical (unpaired) electrons. The first-order valence-corrected chi connectivity index (χ1v) is 11.3. The first-order valence-electron chi connectivity index (χ1n) is 10.6. The van der Waals surface area contributed by atoms with E-state index in [2.05, 4.69) is 26.8 Å². The van der Waals surface area contributed by atoms with Crippen molar-refractivity contribution in [1.82, 2.24) is 14.8 Å². The van der Waals surface area contributed by atoms with Crippen LogP contribution in [-0.2, 0) is 4.79 Å². The molecule has 0 bridgehead atoms. The number of carbonyl (C=O) groups excluding carboxylic acids is 1. The summed E-state index contributed by atoms with van der Waals surface area (Å²) in [5.74, 6) is 0.394. The number of fused-ring (bicyclic) bond motifs is 1. The smallest absolute Gasteiger partial charge is 0.250 e. The van der Waals surface area contributed by atoms with E-state index >= 15 is 0 Å². The summed E-state index contributed by atoms with van der Waals surface area (Å²) < 4.78 is 1.74. The highest BCUT2D eigenvalue weighted by atomic mass is 35.5. The van der Waals surface area contributed by atoms with E-state index < -0.39 is 0 Å². The molecule has 2 N–H and O–H groups in total. The van der Waals surface area contributed by atoms with E-state index in [0.29, 0.717) is 16.0 Å². The first kappa shape index (κ1) is 21.9. The van der Waals surface area contributed by atoms with Gasteiger partial charge >= 0.3 is 0 Å². The molecule has 0 aliphatic carbocycles. The number of nitrogens with one attached hydrogen (secondary N) is 2. The summed E-state index contributed by atoms with van der Waals surface area (Å²) in [6, 6.07) is 24.5. The van der Waals surface area contributed by atoms with Crippen molar-refractivity contribution in [3.05, 3.63) is 118 Å². The van der Waals surface area contributed by atoms with E-state index in [1.54, 1.807) is 22.9 Å². The average Bonchev–Trinajstić information content (AvgIpc) is 3.26. The highest BCUT2D eigenvalue weighted by Gasteiger charge is 2.25. The van der Waals surface area contributed by atoms with Gasteiger partial charge in [-0.05, 0) is 53.1 Å². The number of rotatable bonds is 5. The minimum Gasteiger partial charge on any atom is -0.324 e. The summed E-state index contributed by atoms with van der Waals surface area (Å²) in [7, 11) is 0. The van der Waals surface area contributed by atoms with Crippen LogP contribution in [-0.4, -0.2) is 20.7 Å². The van der Waals surface area contributed by atoms with Gasteiger partial charge < -0.3 is 5.32 Å². The number of hydrogen-bond donors (Lipinski definition) is 2. The van der Waals surface area contributed by atoms with E-state index in [1.165, 1.54) is 6.08 Å². The summed E-state index contributed by atoms with van der Waals surface area (Å²) in [4.78, 5) is 17.0. The lowest BCUT2D eigenvalue weighted by Gasteiger charge is -2.24. The largest absolute Gasteiger partial charge is 0.324 e. The maximum Gasteiger partial charge on any atom is 0.250 e. The highest BCUT2D eigenvalue weighted by Crippen LogP contribution is 2.33. The molecule has 1 aliphatic rings. The van der Waals surface area contributed by atoms with Gasteiger partial charge in [-0.25, -0.2) is 4.68 Å². The van der Waals surface area contributed by atoms with Crippen molar-refractivity contribution >= 4 is 52.8 Å². The Kier molecular flexibility index (Phi) is 6.16. The van der Waals surface area contributed by atoms with Gasteiger partial charge in [0.05, 0.1) is 0 Å². The quantitative estimate of drug-likeness (QED) is 0.324. The molecule has 168 valence electrons. The highest BCUT2D eigenvalue weighted by molar-refractivity contribution is 6.30. The fraction of sp³-hybridized carbons (Fsp3) is 0.0385. The average molecular weight is 488 g/mol. The van der Waals surface area contributed by atoms with E-state index in [0.717, 1.165) is 22.4 Å². The number of halogens is 2. The van der Waals surface area contributed by atoms with Crippen molar-refractivity contribution in [2.45, 2.75) is 6.04 Å². The van der Waals surface area contributed by atoms with Crippen molar-refractivity contribution in [3.8, 4) is 0 Å². The Morgan fingerprint density at radius 1 is 0.941 bits per heavy atom. The van der Waals surface area contributed by atoms with Gasteiger partial charge in [-0.1, -0.05) is 77.8 Å². The molecule has 2 heterocycles. The summed E-state index contributed by atoms with van der Waals surface area (Å²) in [6.07, 6.45) is 5.21. The van der Waals surface area contributed by atoms with Gasteiger partial charge in [0.2, 0.25) is 5.95 Å². The molecule has 1 amide bonds. The number of benzene rings is 3. The van der Waals surface area contributed by atoms with Crippen molar-refractivity contribution in [2.24, 2.45) is 0 Å². The third-order valence-electron chi connectivity index (χ3n) is 5.29. The Morgan fingerprint density at radius 2 is 1.62 bits per heavy atom. The number of anilines is 2. The third-order valence-corrected chi connectivity index (χ3v) is 5.80. The van der Waals surface area contributed by atoms with Crippen molar-refractivity contribution in [1.29, 1.82) is 0 Å². The monoisotopic (exact) mass is 487 g/mol. The molecule has 0 spiro atoms. The molecule has 3 aromatic carbocycles. The molecule has 8 heteroatoms. The van der Waals surface area contributed by atoms with Gasteiger partial charge in [-0.15, -0.1) is 5.10 Å². The fourth-order valence-electron chi connectivity index (χ4n) is 3.63. The van der Waals surface area contributed by atoms with E-state index in [4.69, 9.17) is 23.2 Å². The van der Waals surface area contributed by atoms with Gasteiger partial charge in [0.1, 0.15) is 6.04 Å². The van der Waals surface area contributed by atoms with Crippen LogP contribution >= 0.6 is 23.2 Å². The Morgan fingerprint density at radius 3 is 2.32 bits per heavy atom. The van der Waals surface area contributed by atoms with Gasteiger partial charge in [-0.3, -0.25) is 10.1 Å². The predicted molar refractivity (Wildman–Crippen MR) is 137 cm³/mol. The van der Waals surface area contributed by atoms with Crippen LogP contribution < -0.4 is 10.6 Å². The number of aromatic nitrogens is 3. The molecule has 4 aromatic rings. The van der Waals surface area contributed by atoms with Gasteiger partial charge in [0.15, 0.2) is 0 Å². The molecule has 0 saturated heterocycles. The van der Waals surface area contributed by atoms with E-state index in [1.807, 2.05) is 66.7 Å². The summed E-state index contributed by atoms with van der Waals surface area (Å²) >= 11 is 12.0. The van der Waals surface area contributed by atoms with Crippen LogP contribution in [0.25, 0.3) is 11.8 Å². The molecule has 1 atom stereocenters. The maximum absolute atomic E-state index is 12.5. The van der Waals surface area contributed by atoms with Crippen LogP contribution in [0, 0.1) is 0 Å². The summed E-state index contributed by atoms with van der Waals surface area (Å²) in [5.41, 5.74) is 3.77. The Labute approximate surface area is 206 Å². The van der Waals surface area contributed by atoms with Crippen LogP contribution in [0.1, 0.15) is 22.7 Å². The minimum atomic E-state index is -0.336. The van der Waals surface area contributed by atoms with Crippen LogP contribution in [0.5, 0.6) is 0 Å². The van der Waals surface area contributed by atoms with Crippen LogP contribution in [0.3, 0.4) is 0 Å². The number of amides is 1. The van der Waals surface area contributed by atoms with Crippen molar-refractivity contribution < 1.29 is 4.79 Å². The standard InChI is InChI=1S/C26H19Cl2N5O/c27-20-11-6-17(7-12-20)8-15-24(34)30-25-31-26-29-22(18-4-2-1-3-5-18)16-23(33(26)32-25)19-9-13-21(28)14-10-19/h1-16,23H,(H2,29,30,31,32,34)/b15-8+. The van der Waals surface area contributed by atoms with E-state index in [-0.39, 0.29) is 17.9 Å². The minimum absolute atomic E-state index is 0.204. The number of allylic oxidation sites excluding steroid dienone is 1. The van der Waals surface area contributed by atoms with Crippen LogP contribution in [0.2, 0.25) is 10.0 Å². The maximum atomic E-state index is 12.5. The lowest BCUT2D eigenvalue weighted by Crippen LogP contribution is -2.20. The Hall–Kier alpha value is -3.87. The predicted octanol–water partition coefficient (Wildman–Crippen LogP) is 6.29. The number of carbonyl (C=O) groups is 1. The summed E-state index contributed by atoms with van der Waals surface area (Å²) in [5, 5.41) is 11.9. The Balaban J connectivity index is 1.42. The molecule has 5 rings (SSSR count). The van der Waals surface area contributed by atoms with Crippen LogP contribution in [0.15, 0.2) is 91.0 Å².